The van der Waals surface area contributed by atoms with Crippen LogP contribution in [0.5, 0.6) is 5.75 Å². The predicted octanol–water partition coefficient (Wildman–Crippen LogP) is 2.32. The Labute approximate surface area is 118 Å². The molecule has 6 nitrogen and oxygen atoms in total. The molecule has 0 saturated heterocycles. The van der Waals surface area contributed by atoms with Gasteiger partial charge in [-0.05, 0) is 18.1 Å². The maximum Gasteiger partial charge on any atom is 0.319 e. The Morgan fingerprint density at radius 1 is 1.35 bits per heavy atom. The van der Waals surface area contributed by atoms with Crippen molar-refractivity contribution in [2.45, 2.75) is 19.8 Å². The summed E-state index contributed by atoms with van der Waals surface area (Å²) < 4.78 is 5.13. The molecule has 20 heavy (non-hydrogen) atoms. The molecular weight excluding hydrogens is 260 g/mol. The molecule has 0 saturated carbocycles. The van der Waals surface area contributed by atoms with E-state index in [1.165, 1.54) is 7.11 Å². The number of nitrogens with one attached hydrogen (secondary N) is 2. The number of para-hydroxylation sites is 2. The maximum atomic E-state index is 11.8. The van der Waals surface area contributed by atoms with Gasteiger partial charge in [0.2, 0.25) is 0 Å². The van der Waals surface area contributed by atoms with Gasteiger partial charge in [0, 0.05) is 13.0 Å². The minimum absolute atomic E-state index is 0.0471. The van der Waals surface area contributed by atoms with Crippen LogP contribution in [0.4, 0.5) is 10.5 Å². The van der Waals surface area contributed by atoms with Crippen LogP contribution in [0, 0.1) is 5.92 Å². The summed E-state index contributed by atoms with van der Waals surface area (Å²) in [6, 6.07) is 6.69. The maximum absolute atomic E-state index is 11.8. The lowest BCUT2D eigenvalue weighted by Crippen LogP contribution is -2.33. The molecule has 0 aliphatic rings. The van der Waals surface area contributed by atoms with Crippen molar-refractivity contribution in [2.24, 2.45) is 5.92 Å². The van der Waals surface area contributed by atoms with Crippen LogP contribution >= 0.6 is 0 Å². The van der Waals surface area contributed by atoms with E-state index in [9.17, 15) is 9.59 Å². The van der Waals surface area contributed by atoms with Crippen LogP contribution in [0.2, 0.25) is 0 Å². The summed E-state index contributed by atoms with van der Waals surface area (Å²) in [5, 5.41) is 14.1. The standard InChI is InChI=1S/C14H20N2O4/c1-3-10(8-13(17)18)9-15-14(19)16-11-6-4-5-7-12(11)20-2/h4-7,10H,3,8-9H2,1-2H3,(H,17,18)(H2,15,16,19). The van der Waals surface area contributed by atoms with Crippen molar-refractivity contribution in [1.29, 1.82) is 0 Å². The third kappa shape index (κ3) is 5.17. The first-order valence-corrected chi connectivity index (χ1v) is 6.46. The third-order valence-corrected chi connectivity index (χ3v) is 2.95. The summed E-state index contributed by atoms with van der Waals surface area (Å²) in [4.78, 5) is 22.4. The van der Waals surface area contributed by atoms with Crippen molar-refractivity contribution in [3.8, 4) is 5.75 Å². The number of rotatable bonds is 7. The first-order valence-electron chi connectivity index (χ1n) is 6.46. The SMILES string of the molecule is CCC(CNC(=O)Nc1ccccc1OC)CC(=O)O. The number of hydrogen-bond donors (Lipinski definition) is 3. The summed E-state index contributed by atoms with van der Waals surface area (Å²) in [5.41, 5.74) is 0.568. The lowest BCUT2D eigenvalue weighted by atomic mass is 10.0. The normalized spacial score (nSPS) is 11.5. The molecule has 0 aliphatic carbocycles. The van der Waals surface area contributed by atoms with Crippen molar-refractivity contribution in [1.82, 2.24) is 5.32 Å². The fraction of sp³-hybridized carbons (Fsp3) is 0.429. The van der Waals surface area contributed by atoms with Gasteiger partial charge in [0.05, 0.1) is 12.8 Å². The van der Waals surface area contributed by atoms with E-state index in [1.54, 1.807) is 18.2 Å². The molecule has 2 amide bonds. The Hall–Kier alpha value is -2.24. The topological polar surface area (TPSA) is 87.7 Å². The second kappa shape index (κ2) is 8.04. The van der Waals surface area contributed by atoms with Crippen molar-refractivity contribution >= 4 is 17.7 Å². The molecule has 110 valence electrons. The van der Waals surface area contributed by atoms with E-state index in [2.05, 4.69) is 10.6 Å². The highest BCUT2D eigenvalue weighted by Gasteiger charge is 2.13. The lowest BCUT2D eigenvalue weighted by molar-refractivity contribution is -0.138. The van der Waals surface area contributed by atoms with Crippen molar-refractivity contribution in [3.05, 3.63) is 24.3 Å². The second-order valence-corrected chi connectivity index (χ2v) is 4.41. The fourth-order valence-electron chi connectivity index (χ4n) is 1.76. The van der Waals surface area contributed by atoms with Crippen LogP contribution in [-0.4, -0.2) is 30.8 Å². The van der Waals surface area contributed by atoms with Crippen molar-refractivity contribution in [3.63, 3.8) is 0 Å². The van der Waals surface area contributed by atoms with Gasteiger partial charge in [-0.2, -0.15) is 0 Å². The number of carboxylic acids is 1. The van der Waals surface area contributed by atoms with Gasteiger partial charge in [0.25, 0.3) is 0 Å². The smallest absolute Gasteiger partial charge is 0.319 e. The van der Waals surface area contributed by atoms with Crippen LogP contribution < -0.4 is 15.4 Å². The minimum atomic E-state index is -0.858. The minimum Gasteiger partial charge on any atom is -0.495 e. The second-order valence-electron chi connectivity index (χ2n) is 4.41. The fourth-order valence-corrected chi connectivity index (χ4v) is 1.76. The molecule has 0 spiro atoms. The summed E-state index contributed by atoms with van der Waals surface area (Å²) in [7, 11) is 1.53. The Kier molecular flexibility index (Phi) is 6.36. The van der Waals surface area contributed by atoms with Crippen LogP contribution in [0.3, 0.4) is 0 Å². The van der Waals surface area contributed by atoms with Crippen molar-refractivity contribution in [2.75, 3.05) is 19.0 Å². The summed E-state index contributed by atoms with van der Waals surface area (Å²) in [6.45, 7) is 2.22. The predicted molar refractivity (Wildman–Crippen MR) is 76.0 cm³/mol. The van der Waals surface area contributed by atoms with Crippen LogP contribution in [0.15, 0.2) is 24.3 Å². The number of anilines is 1. The van der Waals surface area contributed by atoms with E-state index in [0.29, 0.717) is 24.4 Å². The molecule has 1 atom stereocenters. The van der Waals surface area contributed by atoms with Gasteiger partial charge in [0.1, 0.15) is 5.75 Å². The average molecular weight is 280 g/mol. The van der Waals surface area contributed by atoms with E-state index in [-0.39, 0.29) is 18.4 Å². The number of urea groups is 1. The van der Waals surface area contributed by atoms with Crippen molar-refractivity contribution < 1.29 is 19.4 Å². The highest BCUT2D eigenvalue weighted by atomic mass is 16.5. The van der Waals surface area contributed by atoms with E-state index < -0.39 is 5.97 Å². The number of amides is 2. The molecule has 0 fully saturated rings. The Morgan fingerprint density at radius 3 is 2.65 bits per heavy atom. The molecule has 1 aromatic rings. The van der Waals surface area contributed by atoms with Gasteiger partial charge in [-0.1, -0.05) is 25.5 Å². The molecule has 0 heterocycles. The zero-order valence-electron chi connectivity index (χ0n) is 11.7. The van der Waals surface area contributed by atoms with E-state index in [1.807, 2.05) is 13.0 Å². The third-order valence-electron chi connectivity index (χ3n) is 2.95. The highest BCUT2D eigenvalue weighted by Crippen LogP contribution is 2.22. The average Bonchev–Trinajstić information content (AvgIpc) is 2.43. The number of carbonyl (C=O) groups excluding carboxylic acids is 1. The van der Waals surface area contributed by atoms with Gasteiger partial charge >= 0.3 is 12.0 Å². The summed E-state index contributed by atoms with van der Waals surface area (Å²) >= 11 is 0. The van der Waals surface area contributed by atoms with Gasteiger partial charge in [-0.3, -0.25) is 4.79 Å². The van der Waals surface area contributed by atoms with Crippen LogP contribution in [0.1, 0.15) is 19.8 Å². The molecule has 1 aromatic carbocycles. The number of carbonyl (C=O) groups is 2. The summed E-state index contributed by atoms with van der Waals surface area (Å²) in [6.07, 6.45) is 0.743. The Morgan fingerprint density at radius 2 is 2.05 bits per heavy atom. The molecule has 0 radical (unpaired) electrons. The zero-order valence-corrected chi connectivity index (χ0v) is 11.7. The molecule has 0 bridgehead atoms. The Balaban J connectivity index is 2.49. The molecule has 1 rings (SSSR count). The first-order chi connectivity index (χ1) is 9.56. The highest BCUT2D eigenvalue weighted by molar-refractivity contribution is 5.90. The molecule has 0 aromatic heterocycles. The Bertz CT molecular complexity index is 462. The molecule has 3 N–H and O–H groups in total. The van der Waals surface area contributed by atoms with Gasteiger partial charge < -0.3 is 20.5 Å². The molecule has 6 heteroatoms. The number of hydrogen-bond acceptors (Lipinski definition) is 3. The van der Waals surface area contributed by atoms with Crippen LogP contribution in [0.25, 0.3) is 0 Å². The zero-order chi connectivity index (χ0) is 15.0. The molecular formula is C14H20N2O4. The molecule has 0 aliphatic heterocycles. The largest absolute Gasteiger partial charge is 0.495 e. The van der Waals surface area contributed by atoms with Gasteiger partial charge in [-0.15, -0.1) is 0 Å². The monoisotopic (exact) mass is 280 g/mol. The first kappa shape index (κ1) is 15.8. The number of methoxy groups -OCH3 is 1. The van der Waals surface area contributed by atoms with E-state index >= 15 is 0 Å². The molecule has 1 unspecified atom stereocenters. The number of carboxylic acid groups (broad SMARTS) is 1. The lowest BCUT2D eigenvalue weighted by Gasteiger charge is -2.15. The van der Waals surface area contributed by atoms with E-state index in [4.69, 9.17) is 9.84 Å². The number of aliphatic carboxylic acids is 1. The van der Waals surface area contributed by atoms with E-state index in [0.717, 1.165) is 0 Å². The van der Waals surface area contributed by atoms with Gasteiger partial charge in [-0.25, -0.2) is 4.79 Å². The number of benzene rings is 1. The van der Waals surface area contributed by atoms with Crippen LogP contribution in [-0.2, 0) is 4.79 Å². The summed E-state index contributed by atoms with van der Waals surface area (Å²) in [5.74, 6) is -0.361. The quantitative estimate of drug-likeness (QED) is 0.715. The number of ether oxygens (including phenoxy) is 1. The van der Waals surface area contributed by atoms with Gasteiger partial charge in [0.15, 0.2) is 0 Å².